The van der Waals surface area contributed by atoms with Crippen molar-refractivity contribution in [2.45, 2.75) is 344 Å². The van der Waals surface area contributed by atoms with Crippen molar-refractivity contribution in [1.82, 2.24) is 0 Å². The molecule has 0 heterocycles. The monoisotopic (exact) mass is 1310 g/mol. The van der Waals surface area contributed by atoms with Gasteiger partial charge in [-0.15, -0.1) is 0 Å². The molecule has 1 N–H and O–H groups in total. The van der Waals surface area contributed by atoms with E-state index in [1.807, 2.05) is 20.8 Å². The molecule has 18 heteroatoms. The standard InChI is InChI=1S/C74H132O18/c1-9-17-22-27-29-34-39-48-67(80)86-55-72(15-7,56-87-68(81)49-40-35-30-28-23-18-10-2)57-88-69(82)50-41-42-51-70(83)91-61-74(52-43-44-63(75)76,53-62(14-6)54-85-64(77)45-36-31-24-19-11-3)71(84)92-60-73(16-8,58-89-65(78)46-37-32-25-20-12-4)59-90-66(79)47-38-33-26-21-13-5/h62H,9-61H2,1-8H3,(H,75,76). The van der Waals surface area contributed by atoms with E-state index in [0.29, 0.717) is 44.9 Å². The van der Waals surface area contributed by atoms with E-state index >= 15 is 4.79 Å². The smallest absolute Gasteiger partial charge is 0.315 e. The van der Waals surface area contributed by atoms with E-state index in [-0.39, 0.29) is 154 Å². The van der Waals surface area contributed by atoms with Crippen LogP contribution in [0.2, 0.25) is 0 Å². The highest BCUT2D eigenvalue weighted by atomic mass is 16.6. The van der Waals surface area contributed by atoms with Crippen molar-refractivity contribution >= 4 is 53.7 Å². The Bertz CT molecular complexity index is 1890. The molecule has 0 amide bonds. The first kappa shape index (κ1) is 87.2. The highest BCUT2D eigenvalue weighted by Gasteiger charge is 2.45. The third kappa shape index (κ3) is 46.3. The molecule has 0 aromatic rings. The lowest BCUT2D eigenvalue weighted by Gasteiger charge is -2.36. The molecule has 92 heavy (non-hydrogen) atoms. The number of carboxylic acids is 1. The van der Waals surface area contributed by atoms with E-state index in [1.54, 1.807) is 0 Å². The predicted molar refractivity (Wildman–Crippen MR) is 359 cm³/mol. The lowest BCUT2D eigenvalue weighted by molar-refractivity contribution is -0.175. The van der Waals surface area contributed by atoms with Crippen molar-refractivity contribution in [3.05, 3.63) is 0 Å². The van der Waals surface area contributed by atoms with Gasteiger partial charge in [-0.25, -0.2) is 0 Å². The molecule has 0 rings (SSSR count). The fraction of sp³-hybridized carbons (Fsp3) is 0.878. The van der Waals surface area contributed by atoms with Gasteiger partial charge >= 0.3 is 53.7 Å². The van der Waals surface area contributed by atoms with E-state index in [2.05, 4.69) is 34.6 Å². The highest BCUT2D eigenvalue weighted by Crippen LogP contribution is 2.38. The van der Waals surface area contributed by atoms with Gasteiger partial charge in [0.05, 0.1) is 17.4 Å². The van der Waals surface area contributed by atoms with Crippen molar-refractivity contribution in [2.75, 3.05) is 52.9 Å². The molecule has 0 aliphatic carbocycles. The minimum Gasteiger partial charge on any atom is -0.481 e. The van der Waals surface area contributed by atoms with Gasteiger partial charge in [0.25, 0.3) is 0 Å². The van der Waals surface area contributed by atoms with Crippen LogP contribution in [-0.4, -0.2) is 112 Å². The Morgan fingerprint density at radius 2 is 0.543 bits per heavy atom. The molecule has 0 aliphatic heterocycles. The molecule has 0 radical (unpaired) electrons. The zero-order valence-corrected chi connectivity index (χ0v) is 59.4. The second-order valence-corrected chi connectivity index (χ2v) is 26.4. The Labute approximate surface area is 557 Å². The number of hydrogen-bond acceptors (Lipinski definition) is 17. The predicted octanol–water partition coefficient (Wildman–Crippen LogP) is 17.7. The first-order valence-corrected chi connectivity index (χ1v) is 36.9. The Morgan fingerprint density at radius 3 is 0.815 bits per heavy atom. The van der Waals surface area contributed by atoms with Crippen LogP contribution in [0.25, 0.3) is 0 Å². The third-order valence-electron chi connectivity index (χ3n) is 17.9. The average molecular weight is 1310 g/mol. The van der Waals surface area contributed by atoms with Gasteiger partial charge in [-0.1, -0.05) is 216 Å². The molecule has 18 nitrogen and oxygen atoms in total. The maximum atomic E-state index is 15.1. The van der Waals surface area contributed by atoms with Gasteiger partial charge in [0.15, 0.2) is 0 Å². The number of esters is 8. The van der Waals surface area contributed by atoms with Gasteiger partial charge in [-0.05, 0) is 83.0 Å². The minimum atomic E-state index is -1.64. The number of carboxylic acid groups (broad SMARTS) is 1. The quantitative estimate of drug-likeness (QED) is 0.0338. The molecule has 536 valence electrons. The molecular weight excluding hydrogens is 1180 g/mol. The summed E-state index contributed by atoms with van der Waals surface area (Å²) in [5.41, 5.74) is -3.78. The molecule has 0 spiro atoms. The topological polar surface area (TPSA) is 248 Å². The first-order valence-electron chi connectivity index (χ1n) is 36.9. The lowest BCUT2D eigenvalue weighted by Crippen LogP contribution is -2.44. The number of carbonyl (C=O) groups excluding carboxylic acids is 8. The van der Waals surface area contributed by atoms with Crippen LogP contribution < -0.4 is 0 Å². The third-order valence-corrected chi connectivity index (χ3v) is 17.9. The Kier molecular flexibility index (Phi) is 54.7. The molecule has 0 aromatic carbocycles. The summed E-state index contributed by atoms with van der Waals surface area (Å²) in [5.74, 6) is -5.50. The van der Waals surface area contributed by atoms with Gasteiger partial charge in [-0.3, -0.25) is 43.2 Å². The van der Waals surface area contributed by atoms with Crippen molar-refractivity contribution in [3.63, 3.8) is 0 Å². The van der Waals surface area contributed by atoms with E-state index < -0.39 is 64.6 Å². The maximum absolute atomic E-state index is 15.1. The number of hydrogen-bond donors (Lipinski definition) is 1. The van der Waals surface area contributed by atoms with Crippen molar-refractivity contribution < 1.29 is 86.2 Å². The van der Waals surface area contributed by atoms with Crippen molar-refractivity contribution in [2.24, 2.45) is 22.2 Å². The van der Waals surface area contributed by atoms with Gasteiger partial charge in [0.1, 0.15) is 51.7 Å². The zero-order valence-electron chi connectivity index (χ0n) is 59.4. The number of aliphatic carboxylic acids is 1. The largest absolute Gasteiger partial charge is 0.481 e. The summed E-state index contributed by atoms with van der Waals surface area (Å²) >= 11 is 0. The van der Waals surface area contributed by atoms with Crippen LogP contribution in [-0.2, 0) is 81.0 Å². The molecular formula is C74H132O18. The summed E-state index contributed by atoms with van der Waals surface area (Å²) in [7, 11) is 0. The molecule has 0 bridgehead atoms. The molecule has 0 saturated carbocycles. The van der Waals surface area contributed by atoms with Crippen LogP contribution >= 0.6 is 0 Å². The zero-order chi connectivity index (χ0) is 68.4. The maximum Gasteiger partial charge on any atom is 0.315 e. The van der Waals surface area contributed by atoms with Crippen LogP contribution in [0.4, 0.5) is 0 Å². The summed E-state index contributed by atoms with van der Waals surface area (Å²) in [5, 5.41) is 9.83. The van der Waals surface area contributed by atoms with E-state index in [0.717, 1.165) is 128 Å². The minimum absolute atomic E-state index is 0.0000510. The molecule has 0 fully saturated rings. The van der Waals surface area contributed by atoms with E-state index in [1.165, 1.54) is 25.7 Å². The van der Waals surface area contributed by atoms with Gasteiger partial charge in [0, 0.05) is 51.4 Å². The molecule has 0 aromatic heterocycles. The molecule has 2 unspecified atom stereocenters. The molecule has 2 atom stereocenters. The average Bonchev–Trinajstić information content (AvgIpc) is 2.75. The van der Waals surface area contributed by atoms with Gasteiger partial charge < -0.3 is 43.0 Å². The molecule has 0 saturated heterocycles. The Balaban J connectivity index is 6.60. The fourth-order valence-corrected chi connectivity index (χ4v) is 10.9. The van der Waals surface area contributed by atoms with Crippen LogP contribution in [0.3, 0.4) is 0 Å². The number of carbonyl (C=O) groups is 9. The van der Waals surface area contributed by atoms with Gasteiger partial charge in [-0.2, -0.15) is 0 Å². The van der Waals surface area contributed by atoms with Crippen molar-refractivity contribution in [3.8, 4) is 0 Å². The Morgan fingerprint density at radius 1 is 0.293 bits per heavy atom. The normalized spacial score (nSPS) is 12.5. The second kappa shape index (κ2) is 57.7. The van der Waals surface area contributed by atoms with Crippen molar-refractivity contribution in [1.29, 1.82) is 0 Å². The fourth-order valence-electron chi connectivity index (χ4n) is 10.9. The number of unbranched alkanes of at least 4 members (excludes halogenated alkanes) is 25. The molecule has 0 aliphatic rings. The first-order chi connectivity index (χ1) is 44.4. The number of rotatable bonds is 65. The summed E-state index contributed by atoms with van der Waals surface area (Å²) < 4.78 is 47.0. The summed E-state index contributed by atoms with van der Waals surface area (Å²) in [4.78, 5) is 120. The van der Waals surface area contributed by atoms with Gasteiger partial charge in [0.2, 0.25) is 0 Å². The van der Waals surface area contributed by atoms with Crippen LogP contribution in [0.5, 0.6) is 0 Å². The summed E-state index contributed by atoms with van der Waals surface area (Å²) in [6.07, 6.45) is 30.8. The Hall–Kier alpha value is -4.77. The number of ether oxygens (including phenoxy) is 8. The second-order valence-electron chi connectivity index (χ2n) is 26.4. The summed E-state index contributed by atoms with van der Waals surface area (Å²) in [6, 6.07) is 0. The van der Waals surface area contributed by atoms with E-state index in [4.69, 9.17) is 37.9 Å². The van der Waals surface area contributed by atoms with E-state index in [9.17, 15) is 43.5 Å². The highest BCUT2D eigenvalue weighted by molar-refractivity contribution is 5.78. The van der Waals surface area contributed by atoms with Crippen LogP contribution in [0.15, 0.2) is 0 Å². The van der Waals surface area contributed by atoms with Crippen LogP contribution in [0.1, 0.15) is 344 Å². The van der Waals surface area contributed by atoms with Crippen LogP contribution in [0, 0.1) is 22.2 Å². The lowest BCUT2D eigenvalue weighted by atomic mass is 9.75. The SMILES string of the molecule is CCCCCCCCCC(=O)OCC(CC)(COC(=O)CCCCCCCCC)COC(=O)CCCCC(=O)OCC(CCCC(=O)O)(CC(CC)COC(=O)CCCCCCC)C(=O)OCC(CC)(COC(=O)CCCCCCC)COC(=O)CCCCCCC. The summed E-state index contributed by atoms with van der Waals surface area (Å²) in [6.45, 7) is 14.6.